The van der Waals surface area contributed by atoms with Gasteiger partial charge in [-0.2, -0.15) is 0 Å². The van der Waals surface area contributed by atoms with Crippen molar-refractivity contribution in [3.8, 4) is 0 Å². The standard InChI is InChI=1S/C15H19NO/c1-10(2)16-11(3)8-13-6-5-7-14(15(13)16)9-12(4)17/h5-8,10H,9H2,1-4H3. The van der Waals surface area contributed by atoms with Crippen LogP contribution in [-0.4, -0.2) is 10.4 Å². The molecule has 1 aromatic carbocycles. The molecule has 2 aromatic rings. The average Bonchev–Trinajstić information content (AvgIpc) is 2.54. The maximum atomic E-state index is 11.3. The molecule has 2 heteroatoms. The van der Waals surface area contributed by atoms with Crippen LogP contribution in [0.1, 0.15) is 38.1 Å². The molecule has 0 unspecified atom stereocenters. The molecular formula is C15H19NO. The summed E-state index contributed by atoms with van der Waals surface area (Å²) < 4.78 is 2.31. The minimum atomic E-state index is 0.214. The predicted molar refractivity (Wildman–Crippen MR) is 71.4 cm³/mol. The second-order valence-corrected chi connectivity index (χ2v) is 4.98. The van der Waals surface area contributed by atoms with Crippen molar-refractivity contribution >= 4 is 16.7 Å². The first-order chi connectivity index (χ1) is 8.00. The number of rotatable bonds is 3. The number of hydrogen-bond donors (Lipinski definition) is 0. The molecule has 2 rings (SSSR count). The number of nitrogens with zero attached hydrogens (tertiary/aromatic N) is 1. The van der Waals surface area contributed by atoms with Crippen LogP contribution in [0.15, 0.2) is 24.3 Å². The largest absolute Gasteiger partial charge is 0.342 e. The van der Waals surface area contributed by atoms with Gasteiger partial charge in [0.1, 0.15) is 5.78 Å². The number of carbonyl (C=O) groups excluding carboxylic acids is 1. The third-order valence-electron chi connectivity index (χ3n) is 3.09. The van der Waals surface area contributed by atoms with E-state index in [0.717, 1.165) is 5.56 Å². The number of benzene rings is 1. The monoisotopic (exact) mass is 229 g/mol. The SMILES string of the molecule is CC(=O)Cc1cccc2cc(C)n(C(C)C)c12. The Kier molecular flexibility index (Phi) is 3.05. The molecule has 90 valence electrons. The lowest BCUT2D eigenvalue weighted by molar-refractivity contribution is -0.116. The average molecular weight is 229 g/mol. The van der Waals surface area contributed by atoms with Crippen molar-refractivity contribution < 1.29 is 4.79 Å². The van der Waals surface area contributed by atoms with Gasteiger partial charge in [0.15, 0.2) is 0 Å². The van der Waals surface area contributed by atoms with Crippen LogP contribution in [0.4, 0.5) is 0 Å². The van der Waals surface area contributed by atoms with Crippen LogP contribution in [0.25, 0.3) is 10.9 Å². The van der Waals surface area contributed by atoms with E-state index in [-0.39, 0.29) is 5.78 Å². The van der Waals surface area contributed by atoms with Crippen LogP contribution in [0.5, 0.6) is 0 Å². The Balaban J connectivity index is 2.72. The molecule has 2 nitrogen and oxygen atoms in total. The number of hydrogen-bond acceptors (Lipinski definition) is 1. The van der Waals surface area contributed by atoms with Crippen LogP contribution in [0.3, 0.4) is 0 Å². The molecule has 0 atom stereocenters. The van der Waals surface area contributed by atoms with Crippen molar-refractivity contribution in [2.75, 3.05) is 0 Å². The molecule has 0 aliphatic heterocycles. The van der Waals surface area contributed by atoms with Crippen LogP contribution in [0.2, 0.25) is 0 Å². The number of aryl methyl sites for hydroxylation is 1. The molecule has 0 amide bonds. The molecule has 0 saturated carbocycles. The van der Waals surface area contributed by atoms with E-state index in [2.05, 4.69) is 43.5 Å². The van der Waals surface area contributed by atoms with Gasteiger partial charge in [0.2, 0.25) is 0 Å². The zero-order valence-corrected chi connectivity index (χ0v) is 10.9. The van der Waals surface area contributed by atoms with Gasteiger partial charge in [0, 0.05) is 23.5 Å². The van der Waals surface area contributed by atoms with Gasteiger partial charge < -0.3 is 4.57 Å². The first-order valence-corrected chi connectivity index (χ1v) is 6.09. The van der Waals surface area contributed by atoms with E-state index in [9.17, 15) is 4.79 Å². The quantitative estimate of drug-likeness (QED) is 0.787. The minimum Gasteiger partial charge on any atom is -0.342 e. The highest BCUT2D eigenvalue weighted by molar-refractivity contribution is 5.89. The van der Waals surface area contributed by atoms with Crippen LogP contribution in [-0.2, 0) is 11.2 Å². The van der Waals surface area contributed by atoms with E-state index < -0.39 is 0 Å². The normalized spacial score (nSPS) is 11.4. The summed E-state index contributed by atoms with van der Waals surface area (Å²) in [7, 11) is 0. The van der Waals surface area contributed by atoms with E-state index in [0.29, 0.717) is 12.5 Å². The van der Waals surface area contributed by atoms with Gasteiger partial charge >= 0.3 is 0 Å². The summed E-state index contributed by atoms with van der Waals surface area (Å²) in [4.78, 5) is 11.3. The van der Waals surface area contributed by atoms with E-state index in [4.69, 9.17) is 0 Å². The molecule has 1 heterocycles. The fourth-order valence-electron chi connectivity index (χ4n) is 2.57. The van der Waals surface area contributed by atoms with Crippen molar-refractivity contribution in [3.63, 3.8) is 0 Å². The second-order valence-electron chi connectivity index (χ2n) is 4.98. The Morgan fingerprint density at radius 1 is 1.35 bits per heavy atom. The molecule has 0 radical (unpaired) electrons. The number of ketones is 1. The summed E-state index contributed by atoms with van der Waals surface area (Å²) >= 11 is 0. The van der Waals surface area contributed by atoms with Crippen molar-refractivity contribution in [1.29, 1.82) is 0 Å². The van der Waals surface area contributed by atoms with Gasteiger partial charge in [-0.25, -0.2) is 0 Å². The number of Topliss-reactive ketones (excluding diaryl/α,β-unsaturated/α-hetero) is 1. The maximum Gasteiger partial charge on any atom is 0.134 e. The van der Waals surface area contributed by atoms with E-state index in [1.807, 2.05) is 6.07 Å². The highest BCUT2D eigenvalue weighted by atomic mass is 16.1. The van der Waals surface area contributed by atoms with Gasteiger partial charge in [0.05, 0.1) is 5.52 Å². The van der Waals surface area contributed by atoms with Crippen molar-refractivity contribution in [2.45, 2.75) is 40.2 Å². The highest BCUT2D eigenvalue weighted by Gasteiger charge is 2.12. The fraction of sp³-hybridized carbons (Fsp3) is 0.400. The smallest absolute Gasteiger partial charge is 0.134 e. The van der Waals surface area contributed by atoms with Gasteiger partial charge in [-0.1, -0.05) is 18.2 Å². The molecule has 0 spiro atoms. The summed E-state index contributed by atoms with van der Waals surface area (Å²) in [5.74, 6) is 0.214. The molecule has 0 fully saturated rings. The maximum absolute atomic E-state index is 11.3. The zero-order chi connectivity index (χ0) is 12.6. The Bertz CT molecular complexity index is 564. The zero-order valence-electron chi connectivity index (χ0n) is 10.9. The summed E-state index contributed by atoms with van der Waals surface area (Å²) in [6.45, 7) is 8.12. The summed E-state index contributed by atoms with van der Waals surface area (Å²) in [6, 6.07) is 8.82. The second kappa shape index (κ2) is 4.36. The lowest BCUT2D eigenvalue weighted by Crippen LogP contribution is -2.06. The number of para-hydroxylation sites is 1. The summed E-state index contributed by atoms with van der Waals surface area (Å²) in [5.41, 5.74) is 3.61. The van der Waals surface area contributed by atoms with Crippen LogP contribution in [0, 0.1) is 6.92 Å². The molecule has 0 aliphatic rings. The fourth-order valence-corrected chi connectivity index (χ4v) is 2.57. The summed E-state index contributed by atoms with van der Waals surface area (Å²) in [6.07, 6.45) is 0.521. The Morgan fingerprint density at radius 2 is 2.06 bits per heavy atom. The van der Waals surface area contributed by atoms with Crippen molar-refractivity contribution in [1.82, 2.24) is 4.57 Å². The Hall–Kier alpha value is -1.57. The highest BCUT2D eigenvalue weighted by Crippen LogP contribution is 2.27. The third kappa shape index (κ3) is 2.12. The molecule has 1 aromatic heterocycles. The predicted octanol–water partition coefficient (Wildman–Crippen LogP) is 3.66. The van der Waals surface area contributed by atoms with Gasteiger partial charge in [-0.3, -0.25) is 4.79 Å². The number of aromatic nitrogens is 1. The van der Waals surface area contributed by atoms with Gasteiger partial charge in [-0.15, -0.1) is 0 Å². The molecular weight excluding hydrogens is 210 g/mol. The lowest BCUT2D eigenvalue weighted by atomic mass is 10.1. The number of fused-ring (bicyclic) bond motifs is 1. The third-order valence-corrected chi connectivity index (χ3v) is 3.09. The molecule has 0 saturated heterocycles. The van der Waals surface area contributed by atoms with Crippen molar-refractivity contribution in [3.05, 3.63) is 35.5 Å². The van der Waals surface area contributed by atoms with Gasteiger partial charge in [0.25, 0.3) is 0 Å². The van der Waals surface area contributed by atoms with Crippen LogP contribution >= 0.6 is 0 Å². The Labute approximate surface area is 102 Å². The molecule has 0 N–H and O–H groups in total. The topological polar surface area (TPSA) is 22.0 Å². The van der Waals surface area contributed by atoms with E-state index >= 15 is 0 Å². The van der Waals surface area contributed by atoms with E-state index in [1.165, 1.54) is 16.6 Å². The summed E-state index contributed by atoms with van der Waals surface area (Å²) in [5, 5.41) is 1.23. The van der Waals surface area contributed by atoms with Crippen molar-refractivity contribution in [2.24, 2.45) is 0 Å². The lowest BCUT2D eigenvalue weighted by Gasteiger charge is -2.14. The van der Waals surface area contributed by atoms with E-state index in [1.54, 1.807) is 6.92 Å². The van der Waals surface area contributed by atoms with Crippen LogP contribution < -0.4 is 0 Å². The van der Waals surface area contributed by atoms with Gasteiger partial charge in [-0.05, 0) is 39.3 Å². The number of carbonyl (C=O) groups is 1. The first kappa shape index (κ1) is 11.9. The Morgan fingerprint density at radius 3 is 2.65 bits per heavy atom. The molecule has 17 heavy (non-hydrogen) atoms. The molecule has 0 aliphatic carbocycles. The molecule has 0 bridgehead atoms. The first-order valence-electron chi connectivity index (χ1n) is 6.09. The minimum absolute atomic E-state index is 0.214.